The quantitative estimate of drug-likeness (QED) is 0.853. The third kappa shape index (κ3) is 3.62. The lowest BCUT2D eigenvalue weighted by atomic mass is 10.2. The molecule has 2 rings (SSSR count). The number of aliphatic carboxylic acids is 1. The predicted molar refractivity (Wildman–Crippen MR) is 73.6 cm³/mol. The van der Waals surface area contributed by atoms with Crippen molar-refractivity contribution in [1.82, 2.24) is 9.80 Å². The summed E-state index contributed by atoms with van der Waals surface area (Å²) in [6.07, 6.45) is 3.97. The molecular weight excluding hydrogens is 260 g/mol. The van der Waals surface area contributed by atoms with Crippen LogP contribution < -0.4 is 0 Å². The monoisotopic (exact) mass is 284 g/mol. The predicted octanol–water partition coefficient (Wildman–Crippen LogP) is 1.54. The first-order chi connectivity index (χ1) is 9.47. The second-order valence-corrected chi connectivity index (χ2v) is 5.90. The summed E-state index contributed by atoms with van der Waals surface area (Å²) in [7, 11) is 0. The third-order valence-corrected chi connectivity index (χ3v) is 4.01. The molecule has 0 aromatic rings. The Morgan fingerprint density at radius 1 is 1.20 bits per heavy atom. The molecule has 114 valence electrons. The van der Waals surface area contributed by atoms with Gasteiger partial charge in [0.15, 0.2) is 0 Å². The van der Waals surface area contributed by atoms with Crippen molar-refractivity contribution in [3.8, 4) is 0 Å². The van der Waals surface area contributed by atoms with Gasteiger partial charge in [0.2, 0.25) is 0 Å². The molecule has 2 amide bonds. The third-order valence-electron chi connectivity index (χ3n) is 4.01. The highest BCUT2D eigenvalue weighted by molar-refractivity contribution is 5.80. The number of carbonyl (C=O) groups is 2. The standard InChI is InChI=1S/C14H24N2O4/c1-10-7-15(8-11(2)20-10)14(19)16(9-13(17)18)12-5-3-4-6-12/h10-12H,3-9H2,1-2H3,(H,17,18). The summed E-state index contributed by atoms with van der Waals surface area (Å²) >= 11 is 0. The number of urea groups is 1. The van der Waals surface area contributed by atoms with E-state index in [4.69, 9.17) is 9.84 Å². The molecule has 1 saturated carbocycles. The molecule has 2 atom stereocenters. The van der Waals surface area contributed by atoms with Crippen LogP contribution in [0.3, 0.4) is 0 Å². The van der Waals surface area contributed by atoms with Crippen LogP contribution in [0, 0.1) is 0 Å². The van der Waals surface area contributed by atoms with E-state index in [9.17, 15) is 9.59 Å². The van der Waals surface area contributed by atoms with E-state index in [1.165, 1.54) is 0 Å². The smallest absolute Gasteiger partial charge is 0.323 e. The highest BCUT2D eigenvalue weighted by Gasteiger charge is 2.34. The van der Waals surface area contributed by atoms with Crippen molar-refractivity contribution in [1.29, 1.82) is 0 Å². The van der Waals surface area contributed by atoms with Gasteiger partial charge in [-0.25, -0.2) is 4.79 Å². The molecule has 1 aliphatic carbocycles. The lowest BCUT2D eigenvalue weighted by Crippen LogP contribution is -2.55. The first-order valence-corrected chi connectivity index (χ1v) is 7.40. The van der Waals surface area contributed by atoms with Gasteiger partial charge < -0.3 is 19.6 Å². The van der Waals surface area contributed by atoms with E-state index < -0.39 is 5.97 Å². The Balaban J connectivity index is 2.06. The Bertz CT molecular complexity index is 358. The lowest BCUT2D eigenvalue weighted by Gasteiger charge is -2.39. The largest absolute Gasteiger partial charge is 0.480 e. The summed E-state index contributed by atoms with van der Waals surface area (Å²) in [6, 6.07) is -0.0756. The fourth-order valence-corrected chi connectivity index (χ4v) is 3.23. The molecule has 0 radical (unpaired) electrons. The van der Waals surface area contributed by atoms with E-state index in [1.807, 2.05) is 13.8 Å². The van der Waals surface area contributed by atoms with E-state index in [1.54, 1.807) is 9.80 Å². The molecule has 2 fully saturated rings. The van der Waals surface area contributed by atoms with Gasteiger partial charge in [-0.15, -0.1) is 0 Å². The molecule has 1 heterocycles. The Kier molecular flexibility index (Phi) is 4.86. The van der Waals surface area contributed by atoms with Gasteiger partial charge >= 0.3 is 12.0 Å². The zero-order chi connectivity index (χ0) is 14.7. The van der Waals surface area contributed by atoms with Crippen LogP contribution in [0.5, 0.6) is 0 Å². The summed E-state index contributed by atoms with van der Waals surface area (Å²) in [5.41, 5.74) is 0. The number of rotatable bonds is 3. The SMILES string of the molecule is CC1CN(C(=O)N(CC(=O)O)C2CCCC2)CC(C)O1. The number of carbonyl (C=O) groups excluding carboxylic acids is 1. The topological polar surface area (TPSA) is 70.1 Å². The molecule has 2 aliphatic rings. The average Bonchev–Trinajstić information content (AvgIpc) is 2.87. The number of morpholine rings is 1. The van der Waals surface area contributed by atoms with Crippen LogP contribution in [0.15, 0.2) is 0 Å². The lowest BCUT2D eigenvalue weighted by molar-refractivity contribution is -0.138. The van der Waals surface area contributed by atoms with Gasteiger partial charge in [0, 0.05) is 19.1 Å². The molecule has 1 N–H and O–H groups in total. The van der Waals surface area contributed by atoms with E-state index in [-0.39, 0.29) is 30.8 Å². The zero-order valence-electron chi connectivity index (χ0n) is 12.2. The molecule has 1 saturated heterocycles. The van der Waals surface area contributed by atoms with Crippen molar-refractivity contribution in [2.75, 3.05) is 19.6 Å². The minimum Gasteiger partial charge on any atom is -0.480 e. The minimum absolute atomic E-state index is 0.00189. The zero-order valence-corrected chi connectivity index (χ0v) is 12.2. The van der Waals surface area contributed by atoms with Gasteiger partial charge in [-0.2, -0.15) is 0 Å². The van der Waals surface area contributed by atoms with Crippen molar-refractivity contribution in [3.05, 3.63) is 0 Å². The normalized spacial score (nSPS) is 27.6. The maximum atomic E-state index is 12.6. The molecule has 1 aliphatic heterocycles. The van der Waals surface area contributed by atoms with E-state index in [0.717, 1.165) is 25.7 Å². The fourth-order valence-electron chi connectivity index (χ4n) is 3.23. The van der Waals surface area contributed by atoms with Gasteiger partial charge in [-0.3, -0.25) is 4.79 Å². The number of hydrogen-bond donors (Lipinski definition) is 1. The Morgan fingerprint density at radius 2 is 1.75 bits per heavy atom. The first kappa shape index (κ1) is 15.1. The van der Waals surface area contributed by atoms with Crippen molar-refractivity contribution in [2.24, 2.45) is 0 Å². The van der Waals surface area contributed by atoms with Crippen LogP contribution in [0.2, 0.25) is 0 Å². The summed E-state index contributed by atoms with van der Waals surface area (Å²) in [5, 5.41) is 9.06. The number of hydrogen-bond acceptors (Lipinski definition) is 3. The van der Waals surface area contributed by atoms with Crippen molar-refractivity contribution < 1.29 is 19.4 Å². The number of amides is 2. The van der Waals surface area contributed by atoms with Crippen molar-refractivity contribution in [3.63, 3.8) is 0 Å². The van der Waals surface area contributed by atoms with Crippen LogP contribution in [-0.2, 0) is 9.53 Å². The highest BCUT2D eigenvalue weighted by atomic mass is 16.5. The summed E-state index contributed by atoms with van der Waals surface area (Å²) in [6.45, 7) is 4.74. The summed E-state index contributed by atoms with van der Waals surface area (Å²) in [4.78, 5) is 27.0. The number of carboxylic acids is 1. The molecule has 0 aromatic heterocycles. The summed E-state index contributed by atoms with van der Waals surface area (Å²) in [5.74, 6) is -0.945. The maximum absolute atomic E-state index is 12.6. The average molecular weight is 284 g/mol. The van der Waals surface area contributed by atoms with Crippen LogP contribution >= 0.6 is 0 Å². The second-order valence-electron chi connectivity index (χ2n) is 5.90. The number of ether oxygens (including phenoxy) is 1. The molecule has 0 aromatic carbocycles. The van der Waals surface area contributed by atoms with Crippen LogP contribution in [0.1, 0.15) is 39.5 Å². The fraction of sp³-hybridized carbons (Fsp3) is 0.857. The van der Waals surface area contributed by atoms with E-state index >= 15 is 0 Å². The van der Waals surface area contributed by atoms with Gasteiger partial charge in [0.1, 0.15) is 6.54 Å². The Morgan fingerprint density at radius 3 is 2.25 bits per heavy atom. The first-order valence-electron chi connectivity index (χ1n) is 7.40. The molecule has 2 unspecified atom stereocenters. The van der Waals surface area contributed by atoms with Gasteiger partial charge in [0.05, 0.1) is 12.2 Å². The Hall–Kier alpha value is -1.30. The second kappa shape index (κ2) is 6.43. The van der Waals surface area contributed by atoms with E-state index in [2.05, 4.69) is 0 Å². The number of nitrogens with zero attached hydrogens (tertiary/aromatic N) is 2. The summed E-state index contributed by atoms with van der Waals surface area (Å²) < 4.78 is 5.62. The molecule has 6 heteroatoms. The van der Waals surface area contributed by atoms with E-state index in [0.29, 0.717) is 13.1 Å². The van der Waals surface area contributed by atoms with Crippen LogP contribution in [0.25, 0.3) is 0 Å². The molecule has 0 spiro atoms. The van der Waals surface area contributed by atoms with Gasteiger partial charge in [0.25, 0.3) is 0 Å². The molecule has 0 bridgehead atoms. The van der Waals surface area contributed by atoms with Gasteiger partial charge in [-0.05, 0) is 26.7 Å². The molecule has 6 nitrogen and oxygen atoms in total. The minimum atomic E-state index is -0.945. The van der Waals surface area contributed by atoms with Crippen molar-refractivity contribution >= 4 is 12.0 Å². The highest BCUT2D eigenvalue weighted by Crippen LogP contribution is 2.25. The van der Waals surface area contributed by atoms with Crippen LogP contribution in [0.4, 0.5) is 4.79 Å². The molecule has 20 heavy (non-hydrogen) atoms. The van der Waals surface area contributed by atoms with Crippen molar-refractivity contribution in [2.45, 2.75) is 57.8 Å². The molecular formula is C14H24N2O4. The van der Waals surface area contributed by atoms with Crippen LogP contribution in [-0.4, -0.2) is 64.8 Å². The maximum Gasteiger partial charge on any atom is 0.323 e. The number of carboxylic acid groups (broad SMARTS) is 1. The Labute approximate surface area is 119 Å². The van der Waals surface area contributed by atoms with Gasteiger partial charge in [-0.1, -0.05) is 12.8 Å².